The highest BCUT2D eigenvalue weighted by molar-refractivity contribution is 5.97. The van der Waals surface area contributed by atoms with Gasteiger partial charge in [0.2, 0.25) is 0 Å². The predicted octanol–water partition coefficient (Wildman–Crippen LogP) is 1.26. The summed E-state index contributed by atoms with van der Waals surface area (Å²) < 4.78 is 5.11. The molecule has 0 bridgehead atoms. The van der Waals surface area contributed by atoms with Gasteiger partial charge in [-0.05, 0) is 26.0 Å². The van der Waals surface area contributed by atoms with Gasteiger partial charge in [0.05, 0.1) is 0 Å². The first-order valence-electron chi connectivity index (χ1n) is 5.98. The molecule has 1 aromatic heterocycles. The molecule has 0 aliphatic rings. The number of nitrogens with one attached hydrogen (secondary N) is 1. The van der Waals surface area contributed by atoms with Gasteiger partial charge >= 0.3 is 5.63 Å². The number of fused-ring (bicyclic) bond motifs is 1. The predicted molar refractivity (Wildman–Crippen MR) is 73.1 cm³/mol. The average molecular weight is 260 g/mol. The van der Waals surface area contributed by atoms with Crippen LogP contribution in [0.1, 0.15) is 24.2 Å². The molecule has 2 aromatic rings. The Morgan fingerprint density at radius 2 is 2.05 bits per heavy atom. The molecule has 0 aliphatic heterocycles. The molecule has 0 aliphatic carbocycles. The van der Waals surface area contributed by atoms with Crippen LogP contribution in [-0.2, 0) is 0 Å². The summed E-state index contributed by atoms with van der Waals surface area (Å²) in [6.45, 7) is 3.85. The van der Waals surface area contributed by atoms with Crippen molar-refractivity contribution in [2.24, 2.45) is 5.73 Å². The van der Waals surface area contributed by atoms with Crippen molar-refractivity contribution in [3.63, 3.8) is 0 Å². The largest absolute Gasteiger partial charge is 0.422 e. The van der Waals surface area contributed by atoms with E-state index in [1.165, 1.54) is 6.07 Å². The molecule has 5 nitrogen and oxygen atoms in total. The summed E-state index contributed by atoms with van der Waals surface area (Å²) in [5, 5.41) is 3.41. The Hall–Kier alpha value is -2.14. The SMILES string of the molecule is CC(C)(CN)NC(=O)c1cc2ccccc2oc1=O. The van der Waals surface area contributed by atoms with Crippen LogP contribution in [0.2, 0.25) is 0 Å². The zero-order valence-corrected chi connectivity index (χ0v) is 10.9. The van der Waals surface area contributed by atoms with Gasteiger partial charge < -0.3 is 15.5 Å². The van der Waals surface area contributed by atoms with Gasteiger partial charge in [0, 0.05) is 17.5 Å². The van der Waals surface area contributed by atoms with E-state index in [2.05, 4.69) is 5.32 Å². The molecule has 2 rings (SSSR count). The summed E-state index contributed by atoms with van der Waals surface area (Å²) in [6.07, 6.45) is 0. The van der Waals surface area contributed by atoms with Crippen LogP contribution in [-0.4, -0.2) is 18.0 Å². The Balaban J connectivity index is 2.42. The van der Waals surface area contributed by atoms with Gasteiger partial charge in [-0.1, -0.05) is 18.2 Å². The molecule has 1 aromatic carbocycles. The number of carbonyl (C=O) groups excluding carboxylic acids is 1. The van der Waals surface area contributed by atoms with E-state index in [4.69, 9.17) is 10.2 Å². The minimum Gasteiger partial charge on any atom is -0.422 e. The van der Waals surface area contributed by atoms with E-state index in [0.717, 1.165) is 0 Å². The average Bonchev–Trinajstić information content (AvgIpc) is 2.37. The van der Waals surface area contributed by atoms with Crippen LogP contribution < -0.4 is 16.7 Å². The Labute approximate surface area is 110 Å². The molecule has 0 fully saturated rings. The maximum atomic E-state index is 12.1. The van der Waals surface area contributed by atoms with Crippen LogP contribution in [0, 0.1) is 0 Å². The molecule has 0 saturated heterocycles. The number of rotatable bonds is 3. The minimum absolute atomic E-state index is 0.0137. The maximum absolute atomic E-state index is 12.1. The number of amides is 1. The monoisotopic (exact) mass is 260 g/mol. The molecule has 1 amide bonds. The van der Waals surface area contributed by atoms with Crippen LogP contribution in [0.25, 0.3) is 11.0 Å². The third-order valence-corrected chi connectivity index (χ3v) is 2.85. The van der Waals surface area contributed by atoms with E-state index in [1.54, 1.807) is 32.0 Å². The van der Waals surface area contributed by atoms with E-state index >= 15 is 0 Å². The number of nitrogens with two attached hydrogens (primary N) is 1. The van der Waals surface area contributed by atoms with Crippen molar-refractivity contribution < 1.29 is 9.21 Å². The number of hydrogen-bond donors (Lipinski definition) is 2. The number of benzene rings is 1. The standard InChI is InChI=1S/C14H16N2O3/c1-14(2,8-15)16-12(17)10-7-9-5-3-4-6-11(9)19-13(10)18/h3-7H,8,15H2,1-2H3,(H,16,17). The lowest BCUT2D eigenvalue weighted by Gasteiger charge is -2.23. The number of hydrogen-bond acceptors (Lipinski definition) is 4. The van der Waals surface area contributed by atoms with Gasteiger partial charge in [0.15, 0.2) is 0 Å². The molecule has 0 saturated carbocycles. The fourth-order valence-corrected chi connectivity index (χ4v) is 1.65. The summed E-state index contributed by atoms with van der Waals surface area (Å²) in [5.41, 5.74) is 4.77. The van der Waals surface area contributed by atoms with Crippen molar-refractivity contribution in [2.45, 2.75) is 19.4 Å². The van der Waals surface area contributed by atoms with Crippen molar-refractivity contribution in [1.82, 2.24) is 5.32 Å². The topological polar surface area (TPSA) is 85.3 Å². The van der Waals surface area contributed by atoms with Crippen LogP contribution in [0.4, 0.5) is 0 Å². The molecule has 1 heterocycles. The third kappa shape index (κ3) is 2.82. The van der Waals surface area contributed by atoms with Gasteiger partial charge in [-0.2, -0.15) is 0 Å². The summed E-state index contributed by atoms with van der Waals surface area (Å²) >= 11 is 0. The smallest absolute Gasteiger partial charge is 0.349 e. The minimum atomic E-state index is -0.649. The summed E-state index contributed by atoms with van der Waals surface area (Å²) in [5.74, 6) is -0.477. The summed E-state index contributed by atoms with van der Waals surface area (Å²) in [6, 6.07) is 8.57. The molecule has 100 valence electrons. The zero-order chi connectivity index (χ0) is 14.0. The molecular weight excluding hydrogens is 244 g/mol. The molecule has 0 spiro atoms. The Morgan fingerprint density at radius 1 is 1.37 bits per heavy atom. The van der Waals surface area contributed by atoms with Crippen LogP contribution in [0.3, 0.4) is 0 Å². The lowest BCUT2D eigenvalue weighted by Crippen LogP contribution is -2.49. The van der Waals surface area contributed by atoms with Gasteiger partial charge in [-0.25, -0.2) is 4.79 Å². The molecule has 0 atom stereocenters. The van der Waals surface area contributed by atoms with Crippen LogP contribution in [0.15, 0.2) is 39.5 Å². The molecule has 0 unspecified atom stereocenters. The van der Waals surface area contributed by atoms with E-state index in [0.29, 0.717) is 11.0 Å². The molecule has 19 heavy (non-hydrogen) atoms. The fraction of sp³-hybridized carbons (Fsp3) is 0.286. The van der Waals surface area contributed by atoms with Crippen LogP contribution in [0.5, 0.6) is 0 Å². The third-order valence-electron chi connectivity index (χ3n) is 2.85. The quantitative estimate of drug-likeness (QED) is 0.813. The highest BCUT2D eigenvalue weighted by atomic mass is 16.4. The second-order valence-corrected chi connectivity index (χ2v) is 5.03. The van der Waals surface area contributed by atoms with Gasteiger partial charge in [-0.15, -0.1) is 0 Å². The molecule has 0 radical (unpaired) electrons. The maximum Gasteiger partial charge on any atom is 0.349 e. The normalized spacial score (nSPS) is 11.5. The second kappa shape index (κ2) is 4.85. The first kappa shape index (κ1) is 13.3. The molecule has 5 heteroatoms. The second-order valence-electron chi connectivity index (χ2n) is 5.03. The molecular formula is C14H16N2O3. The fourth-order valence-electron chi connectivity index (χ4n) is 1.65. The van der Waals surface area contributed by atoms with Gasteiger partial charge in [0.25, 0.3) is 5.91 Å². The summed E-state index contributed by atoms with van der Waals surface area (Å²) in [4.78, 5) is 23.8. The van der Waals surface area contributed by atoms with Crippen molar-refractivity contribution in [2.75, 3.05) is 6.54 Å². The Bertz CT molecular complexity index is 674. The first-order chi connectivity index (χ1) is 8.93. The van der Waals surface area contributed by atoms with Crippen molar-refractivity contribution in [1.29, 1.82) is 0 Å². The van der Waals surface area contributed by atoms with Crippen molar-refractivity contribution in [3.8, 4) is 0 Å². The lowest BCUT2D eigenvalue weighted by atomic mass is 10.1. The summed E-state index contributed by atoms with van der Waals surface area (Å²) in [7, 11) is 0. The zero-order valence-electron chi connectivity index (χ0n) is 10.9. The van der Waals surface area contributed by atoms with E-state index < -0.39 is 17.1 Å². The van der Waals surface area contributed by atoms with E-state index in [-0.39, 0.29) is 12.1 Å². The van der Waals surface area contributed by atoms with Crippen molar-refractivity contribution in [3.05, 3.63) is 46.3 Å². The van der Waals surface area contributed by atoms with Crippen molar-refractivity contribution >= 4 is 16.9 Å². The Kier molecular flexibility index (Phi) is 3.40. The highest BCUT2D eigenvalue weighted by Gasteiger charge is 2.22. The van der Waals surface area contributed by atoms with E-state index in [9.17, 15) is 9.59 Å². The first-order valence-corrected chi connectivity index (χ1v) is 5.98. The number of carbonyl (C=O) groups is 1. The number of para-hydroxylation sites is 1. The Morgan fingerprint density at radius 3 is 2.74 bits per heavy atom. The van der Waals surface area contributed by atoms with Gasteiger partial charge in [-0.3, -0.25) is 4.79 Å². The van der Waals surface area contributed by atoms with Gasteiger partial charge in [0.1, 0.15) is 11.1 Å². The highest BCUT2D eigenvalue weighted by Crippen LogP contribution is 2.13. The van der Waals surface area contributed by atoms with E-state index in [1.807, 2.05) is 6.07 Å². The van der Waals surface area contributed by atoms with Crippen LogP contribution >= 0.6 is 0 Å². The lowest BCUT2D eigenvalue weighted by molar-refractivity contribution is 0.0912. The molecule has 3 N–H and O–H groups in total.